The molecule has 4 aromatic rings. The van der Waals surface area contributed by atoms with Crippen LogP contribution in [0.15, 0.2) is 72.2 Å². The number of hydrogen-bond donors (Lipinski definition) is 3. The quantitative estimate of drug-likeness (QED) is 0.0612. The number of nitrogens with zero attached hydrogens (tertiary/aromatic N) is 5. The van der Waals surface area contributed by atoms with E-state index < -0.39 is 41.0 Å². The predicted molar refractivity (Wildman–Crippen MR) is 262 cm³/mol. The number of carbonyl (C=O) groups excluding carboxylic acids is 4. The Labute approximate surface area is 406 Å². The van der Waals surface area contributed by atoms with E-state index in [4.69, 9.17) is 38.0 Å². The highest BCUT2D eigenvalue weighted by atomic mass is 35.5. The van der Waals surface area contributed by atoms with Gasteiger partial charge in [-0.15, -0.1) is 11.3 Å². The first-order valence-electron chi connectivity index (χ1n) is 22.2. The molecule has 0 bridgehead atoms. The van der Waals surface area contributed by atoms with Crippen LogP contribution in [0.2, 0.25) is 5.02 Å². The van der Waals surface area contributed by atoms with Crippen LogP contribution in [-0.2, 0) is 35.2 Å². The van der Waals surface area contributed by atoms with Crippen LogP contribution in [0.5, 0.6) is 5.75 Å². The zero-order valence-corrected chi connectivity index (χ0v) is 41.1. The maximum atomic E-state index is 13.9. The van der Waals surface area contributed by atoms with E-state index in [-0.39, 0.29) is 49.6 Å². The third-order valence-corrected chi connectivity index (χ3v) is 13.2. The van der Waals surface area contributed by atoms with E-state index in [2.05, 4.69) is 15.6 Å². The fourth-order valence-corrected chi connectivity index (χ4v) is 9.44. The predicted octanol–water partition coefficient (Wildman–Crippen LogP) is 6.95. The van der Waals surface area contributed by atoms with Gasteiger partial charge in [-0.3, -0.25) is 24.1 Å². The summed E-state index contributed by atoms with van der Waals surface area (Å²) in [4.78, 5) is 63.9. The van der Waals surface area contributed by atoms with Gasteiger partial charge >= 0.3 is 0 Å². The molecule has 4 amide bonds. The Balaban J connectivity index is 0.856. The standard InChI is InChI=1S/C49H58ClN7O8S2/c1-31-42(67-30-53-31)33-12-10-32(11-13-33)27-52-44(60)40-25-37(58)28-55(40)45(61)43(48(2,3)4)54-41(59)29-64-22-9-21-63-20-7-8-23-65-38-18-16-35(17-19-38)57-47(66)56(46(62)49(57,5)6)36-15-14-34(26-51)39(50)24-36/h10-19,24,30,37,40,43,58H,7-9,20-23,25,27-29H2,1-6H3,(H,52,60)(H,54,59)/t37-,40+,43-/m1/s1. The van der Waals surface area contributed by atoms with Gasteiger partial charge in [0.05, 0.1) is 45.1 Å². The highest BCUT2D eigenvalue weighted by molar-refractivity contribution is 7.81. The molecular weight excluding hydrogens is 914 g/mol. The summed E-state index contributed by atoms with van der Waals surface area (Å²) in [5.74, 6) is -0.813. The molecule has 6 rings (SSSR count). The fraction of sp³-hybridized carbons (Fsp3) is 0.449. The summed E-state index contributed by atoms with van der Waals surface area (Å²) >= 11 is 13.6. The lowest BCUT2D eigenvalue weighted by Crippen LogP contribution is -2.58. The second kappa shape index (κ2) is 22.5. The summed E-state index contributed by atoms with van der Waals surface area (Å²) < 4.78 is 17.3. The van der Waals surface area contributed by atoms with Crippen molar-refractivity contribution in [3.63, 3.8) is 0 Å². The number of hydrogen-bond acceptors (Lipinski definition) is 12. The lowest BCUT2D eigenvalue weighted by molar-refractivity contribution is -0.144. The van der Waals surface area contributed by atoms with E-state index in [1.54, 1.807) is 48.3 Å². The van der Waals surface area contributed by atoms with E-state index >= 15 is 0 Å². The van der Waals surface area contributed by atoms with E-state index in [0.717, 1.165) is 40.2 Å². The number of aromatic nitrogens is 1. The number of aliphatic hydroxyl groups excluding tert-OH is 1. The van der Waals surface area contributed by atoms with Gasteiger partial charge in [0.1, 0.15) is 36.0 Å². The molecule has 15 nitrogen and oxygen atoms in total. The number of amides is 4. The number of β-amino-alcohol motifs (C(OH)–C–C–N with tert-alkyl or cyclic N) is 1. The van der Waals surface area contributed by atoms with Crippen molar-refractivity contribution in [2.75, 3.05) is 49.4 Å². The van der Waals surface area contributed by atoms with Crippen LogP contribution in [0.4, 0.5) is 11.4 Å². The van der Waals surface area contributed by atoms with E-state index in [9.17, 15) is 29.5 Å². The average molecular weight is 973 g/mol. The summed E-state index contributed by atoms with van der Waals surface area (Å²) in [6.45, 7) is 12.8. The lowest BCUT2D eigenvalue weighted by Gasteiger charge is -2.35. The average Bonchev–Trinajstić information content (AvgIpc) is 3.96. The zero-order chi connectivity index (χ0) is 48.5. The van der Waals surface area contributed by atoms with Gasteiger partial charge in [0.15, 0.2) is 5.11 Å². The van der Waals surface area contributed by atoms with Crippen molar-refractivity contribution < 1.29 is 38.5 Å². The van der Waals surface area contributed by atoms with Crippen molar-refractivity contribution in [1.82, 2.24) is 20.5 Å². The summed E-state index contributed by atoms with van der Waals surface area (Å²) in [6.07, 6.45) is 1.33. The Morgan fingerprint density at radius 2 is 1.67 bits per heavy atom. The monoisotopic (exact) mass is 971 g/mol. The smallest absolute Gasteiger partial charge is 0.259 e. The first kappa shape index (κ1) is 50.9. The topological polar surface area (TPSA) is 187 Å². The number of ether oxygens (including phenoxy) is 3. The Morgan fingerprint density at radius 3 is 2.33 bits per heavy atom. The van der Waals surface area contributed by atoms with Crippen molar-refractivity contribution in [2.45, 2.75) is 97.5 Å². The van der Waals surface area contributed by atoms with Gasteiger partial charge in [0.2, 0.25) is 17.7 Å². The van der Waals surface area contributed by atoms with Crippen LogP contribution in [0.25, 0.3) is 10.4 Å². The molecule has 2 saturated heterocycles. The van der Waals surface area contributed by atoms with Crippen LogP contribution < -0.4 is 25.2 Å². The van der Waals surface area contributed by atoms with Gasteiger partial charge in [-0.05, 0) is 111 Å². The Kier molecular flexibility index (Phi) is 17.1. The van der Waals surface area contributed by atoms with Gasteiger partial charge in [0, 0.05) is 45.0 Å². The largest absolute Gasteiger partial charge is 0.494 e. The van der Waals surface area contributed by atoms with Crippen LogP contribution in [0, 0.1) is 23.7 Å². The van der Waals surface area contributed by atoms with Crippen molar-refractivity contribution >= 4 is 75.3 Å². The number of aryl methyl sites for hydroxylation is 1. The molecule has 0 spiro atoms. The molecule has 3 heterocycles. The van der Waals surface area contributed by atoms with Gasteiger partial charge in [-0.1, -0.05) is 56.6 Å². The first-order chi connectivity index (χ1) is 31.9. The molecule has 0 aliphatic carbocycles. The molecule has 2 fully saturated rings. The number of rotatable bonds is 20. The molecule has 0 radical (unpaired) electrons. The third kappa shape index (κ3) is 12.5. The van der Waals surface area contributed by atoms with Gasteiger partial charge in [-0.25, -0.2) is 4.98 Å². The van der Waals surface area contributed by atoms with Crippen molar-refractivity contribution in [1.29, 1.82) is 5.26 Å². The fourth-order valence-electron chi connectivity index (χ4n) is 7.89. The minimum Gasteiger partial charge on any atom is -0.494 e. The molecule has 2 aliphatic rings. The van der Waals surface area contributed by atoms with Crippen LogP contribution in [0.1, 0.15) is 77.1 Å². The highest BCUT2D eigenvalue weighted by Gasteiger charge is 2.50. The molecular formula is C49H58ClN7O8S2. The number of nitrogens with one attached hydrogen (secondary N) is 2. The number of aliphatic hydroxyl groups is 1. The molecule has 356 valence electrons. The molecule has 3 aromatic carbocycles. The molecule has 3 atom stereocenters. The number of halogens is 1. The first-order valence-corrected chi connectivity index (χ1v) is 23.9. The molecule has 0 saturated carbocycles. The molecule has 3 N–H and O–H groups in total. The second-order valence-electron chi connectivity index (χ2n) is 18.1. The Morgan fingerprint density at radius 1 is 1.00 bits per heavy atom. The number of anilines is 2. The van der Waals surface area contributed by atoms with Crippen molar-refractivity contribution in [2.24, 2.45) is 5.41 Å². The summed E-state index contributed by atoms with van der Waals surface area (Å²) in [7, 11) is 0. The lowest BCUT2D eigenvalue weighted by atomic mass is 9.85. The molecule has 67 heavy (non-hydrogen) atoms. The van der Waals surface area contributed by atoms with E-state index in [1.807, 2.05) is 87.8 Å². The molecule has 1 aromatic heterocycles. The number of nitriles is 1. The minimum absolute atomic E-state index is 0.0153. The highest BCUT2D eigenvalue weighted by Crippen LogP contribution is 2.38. The molecule has 2 aliphatic heterocycles. The summed E-state index contributed by atoms with van der Waals surface area (Å²) in [6, 6.07) is 20.2. The van der Waals surface area contributed by atoms with E-state index in [1.165, 1.54) is 9.80 Å². The van der Waals surface area contributed by atoms with Crippen molar-refractivity contribution in [3.8, 4) is 22.3 Å². The number of thiocarbonyl (C=S) groups is 1. The normalized spacial score (nSPS) is 17.4. The molecule has 18 heteroatoms. The van der Waals surface area contributed by atoms with Gasteiger partial charge in [0.25, 0.3) is 5.91 Å². The number of benzene rings is 3. The van der Waals surface area contributed by atoms with Crippen molar-refractivity contribution in [3.05, 3.63) is 94.1 Å². The summed E-state index contributed by atoms with van der Waals surface area (Å²) in [5, 5.41) is 26.1. The van der Waals surface area contributed by atoms with Gasteiger partial charge < -0.3 is 39.8 Å². The van der Waals surface area contributed by atoms with Gasteiger partial charge in [-0.2, -0.15) is 5.26 Å². The zero-order valence-electron chi connectivity index (χ0n) is 38.7. The van der Waals surface area contributed by atoms with E-state index in [0.29, 0.717) is 48.4 Å². The number of unbranched alkanes of at least 4 members (excludes halogenated alkanes) is 1. The second-order valence-corrected chi connectivity index (χ2v) is 19.7. The van der Waals surface area contributed by atoms with Crippen LogP contribution in [-0.4, -0.2) is 107 Å². The SMILES string of the molecule is Cc1ncsc1-c1ccc(CNC(=O)[C@@H]2C[C@@H](O)CN2C(=O)[C@@H](NC(=O)COCCCOCCCCOc2ccc(N3C(=S)N(c4ccc(C#N)c(Cl)c4)C(=O)C3(C)C)cc2)C(C)(C)C)cc1. The third-order valence-electron chi connectivity index (χ3n) is 11.6. The number of carbonyl (C=O) groups is 4. The minimum atomic E-state index is -0.968. The van der Waals surface area contributed by atoms with Crippen LogP contribution in [0.3, 0.4) is 0 Å². The number of likely N-dealkylation sites (tertiary alicyclic amines) is 1. The van der Waals surface area contributed by atoms with Crippen LogP contribution >= 0.6 is 35.2 Å². The molecule has 0 unspecified atom stereocenters. The number of thiazole rings is 1. The maximum Gasteiger partial charge on any atom is 0.259 e. The summed E-state index contributed by atoms with van der Waals surface area (Å²) in [5.41, 5.74) is 4.58. The maximum absolute atomic E-state index is 13.9. The Bertz CT molecular complexity index is 2450. The Hall–Kier alpha value is -5.48.